The maximum absolute atomic E-state index is 13.7. The summed E-state index contributed by atoms with van der Waals surface area (Å²) in [4.78, 5) is 26.3. The second-order valence-electron chi connectivity index (χ2n) is 8.52. The first-order valence-corrected chi connectivity index (χ1v) is 12.8. The summed E-state index contributed by atoms with van der Waals surface area (Å²) in [5, 5.41) is 10.9. The zero-order chi connectivity index (χ0) is 27.1. The van der Waals surface area contributed by atoms with E-state index in [1.165, 1.54) is 36.7 Å². The number of rotatable bonds is 5. The maximum Gasteiger partial charge on any atom is 0.416 e. The fourth-order valence-corrected chi connectivity index (χ4v) is 4.53. The molecule has 1 aliphatic rings. The van der Waals surface area contributed by atoms with E-state index in [2.05, 4.69) is 25.6 Å². The van der Waals surface area contributed by atoms with E-state index in [4.69, 9.17) is 5.14 Å². The lowest BCUT2D eigenvalue weighted by Gasteiger charge is -2.27. The van der Waals surface area contributed by atoms with Gasteiger partial charge < -0.3 is 15.5 Å². The number of anilines is 3. The third kappa shape index (κ3) is 5.35. The van der Waals surface area contributed by atoms with E-state index in [-0.39, 0.29) is 39.8 Å². The summed E-state index contributed by atoms with van der Waals surface area (Å²) in [5.74, 6) is 0.479. The first-order valence-electron chi connectivity index (χ1n) is 11.2. The van der Waals surface area contributed by atoms with Crippen molar-refractivity contribution in [3.63, 3.8) is 0 Å². The third-order valence-corrected chi connectivity index (χ3v) is 6.80. The molecule has 2 aromatic heterocycles. The minimum Gasteiger partial charge on any atom is -0.353 e. The molecule has 1 saturated heterocycles. The van der Waals surface area contributed by atoms with Crippen molar-refractivity contribution in [2.75, 3.05) is 29.9 Å². The summed E-state index contributed by atoms with van der Waals surface area (Å²) in [5.41, 5.74) is 0.429. The zero-order valence-corrected chi connectivity index (χ0v) is 20.3. The number of benzene rings is 2. The molecular formula is C24H20F3N7O3S. The number of alkyl halides is 3. The SMILES string of the molecule is NS(=O)(=O)c1ccc(Nc2ncc3cc(C(F)(F)F)cc(-c4ccc(N5CCNC(=O)C5)nc4)c3n2)cc1. The Kier molecular flexibility index (Phi) is 6.36. The summed E-state index contributed by atoms with van der Waals surface area (Å²) in [7, 11) is -3.87. The van der Waals surface area contributed by atoms with Gasteiger partial charge in [0.25, 0.3) is 0 Å². The molecule has 0 bridgehead atoms. The Morgan fingerprint density at radius 2 is 1.79 bits per heavy atom. The molecule has 10 nitrogen and oxygen atoms in total. The lowest BCUT2D eigenvalue weighted by molar-refractivity contribution is -0.137. The normalized spacial score (nSPS) is 14.4. The van der Waals surface area contributed by atoms with Crippen molar-refractivity contribution in [3.05, 3.63) is 66.5 Å². The molecule has 2 aromatic carbocycles. The quantitative estimate of drug-likeness (QED) is 0.349. The first-order chi connectivity index (χ1) is 18.0. The van der Waals surface area contributed by atoms with Gasteiger partial charge in [-0.1, -0.05) is 0 Å². The van der Waals surface area contributed by atoms with E-state index < -0.39 is 21.8 Å². The molecule has 1 amide bonds. The number of pyridine rings is 1. The van der Waals surface area contributed by atoms with Gasteiger partial charge in [-0.3, -0.25) is 4.79 Å². The molecule has 4 aromatic rings. The number of nitrogens with two attached hydrogens (primary N) is 1. The van der Waals surface area contributed by atoms with Gasteiger partial charge in [-0.2, -0.15) is 13.2 Å². The number of fused-ring (bicyclic) bond motifs is 1. The Morgan fingerprint density at radius 3 is 2.42 bits per heavy atom. The van der Waals surface area contributed by atoms with Crippen molar-refractivity contribution in [1.29, 1.82) is 0 Å². The fourth-order valence-electron chi connectivity index (χ4n) is 4.01. The van der Waals surface area contributed by atoms with Gasteiger partial charge in [0.1, 0.15) is 5.82 Å². The first kappa shape index (κ1) is 25.4. The van der Waals surface area contributed by atoms with Crippen LogP contribution in [-0.4, -0.2) is 48.9 Å². The van der Waals surface area contributed by atoms with Crippen LogP contribution in [0.1, 0.15) is 5.56 Å². The molecule has 0 radical (unpaired) electrons. The number of hydrogen-bond acceptors (Lipinski definition) is 8. The van der Waals surface area contributed by atoms with Crippen LogP contribution in [0.5, 0.6) is 0 Å². The lowest BCUT2D eigenvalue weighted by Crippen LogP contribution is -2.48. The molecular weight excluding hydrogens is 523 g/mol. The number of hydrogen-bond donors (Lipinski definition) is 3. The molecule has 0 unspecified atom stereocenters. The summed E-state index contributed by atoms with van der Waals surface area (Å²) in [6.45, 7) is 1.17. The van der Waals surface area contributed by atoms with Crippen LogP contribution in [0, 0.1) is 0 Å². The largest absolute Gasteiger partial charge is 0.416 e. The molecule has 0 saturated carbocycles. The average Bonchev–Trinajstić information content (AvgIpc) is 2.87. The molecule has 1 fully saturated rings. The summed E-state index contributed by atoms with van der Waals surface area (Å²) in [6, 6.07) is 10.8. The van der Waals surface area contributed by atoms with E-state index in [0.717, 1.165) is 12.1 Å². The molecule has 14 heteroatoms. The highest BCUT2D eigenvalue weighted by atomic mass is 32.2. The number of amides is 1. The van der Waals surface area contributed by atoms with Gasteiger partial charge in [-0.05, 0) is 48.5 Å². The topological polar surface area (TPSA) is 143 Å². The van der Waals surface area contributed by atoms with Crippen LogP contribution in [0.15, 0.2) is 65.8 Å². The minimum absolute atomic E-state index is 0.0782. The monoisotopic (exact) mass is 543 g/mol. The molecule has 1 aliphatic heterocycles. The van der Waals surface area contributed by atoms with Crippen molar-refractivity contribution in [2.24, 2.45) is 5.14 Å². The van der Waals surface area contributed by atoms with Crippen molar-refractivity contribution < 1.29 is 26.4 Å². The molecule has 196 valence electrons. The van der Waals surface area contributed by atoms with Crippen LogP contribution in [0.2, 0.25) is 0 Å². The standard InChI is InChI=1S/C24H20F3N7O3S/c25-24(26,27)16-9-15-12-31-23(32-17-2-4-18(5-3-17)38(28,36)37)33-22(15)19(10-16)14-1-6-20(30-11-14)34-8-7-29-21(35)13-34/h1-6,9-12H,7-8,13H2,(H,29,35)(H2,28,36,37)(H,31,32,33). The van der Waals surface area contributed by atoms with Gasteiger partial charge in [-0.15, -0.1) is 0 Å². The van der Waals surface area contributed by atoms with E-state index in [1.54, 1.807) is 17.0 Å². The Labute approximate surface area is 214 Å². The number of nitrogens with one attached hydrogen (secondary N) is 2. The highest BCUT2D eigenvalue weighted by molar-refractivity contribution is 7.89. The van der Waals surface area contributed by atoms with Crippen LogP contribution >= 0.6 is 0 Å². The minimum atomic E-state index is -4.60. The summed E-state index contributed by atoms with van der Waals surface area (Å²) in [6.07, 6.45) is -1.88. The number of aromatic nitrogens is 3. The van der Waals surface area contributed by atoms with Gasteiger partial charge >= 0.3 is 6.18 Å². The predicted molar refractivity (Wildman–Crippen MR) is 134 cm³/mol. The van der Waals surface area contributed by atoms with E-state index in [0.29, 0.717) is 30.2 Å². The second-order valence-corrected chi connectivity index (χ2v) is 10.1. The van der Waals surface area contributed by atoms with Crippen LogP contribution in [0.25, 0.3) is 22.0 Å². The number of carbonyl (C=O) groups excluding carboxylic acids is 1. The molecule has 0 spiro atoms. The van der Waals surface area contributed by atoms with Crippen LogP contribution in [0.3, 0.4) is 0 Å². The molecule has 4 N–H and O–H groups in total. The molecule has 38 heavy (non-hydrogen) atoms. The number of carbonyl (C=O) groups is 1. The lowest BCUT2D eigenvalue weighted by atomic mass is 10.0. The van der Waals surface area contributed by atoms with Crippen molar-refractivity contribution in [3.8, 4) is 11.1 Å². The molecule has 0 atom stereocenters. The van der Waals surface area contributed by atoms with Crippen LogP contribution in [0.4, 0.5) is 30.6 Å². The number of piperazine rings is 1. The maximum atomic E-state index is 13.7. The van der Waals surface area contributed by atoms with E-state index >= 15 is 0 Å². The fraction of sp³-hybridized carbons (Fsp3) is 0.167. The van der Waals surface area contributed by atoms with Crippen molar-refractivity contribution in [1.82, 2.24) is 20.3 Å². The Hall–Kier alpha value is -4.30. The molecule has 0 aliphatic carbocycles. The Morgan fingerprint density at radius 1 is 1.03 bits per heavy atom. The molecule has 5 rings (SSSR count). The molecule has 3 heterocycles. The average molecular weight is 544 g/mol. The van der Waals surface area contributed by atoms with Gasteiger partial charge in [0.2, 0.25) is 21.9 Å². The van der Waals surface area contributed by atoms with Crippen LogP contribution < -0.4 is 20.7 Å². The van der Waals surface area contributed by atoms with Gasteiger partial charge in [0.05, 0.1) is 22.5 Å². The number of sulfonamides is 1. The second kappa shape index (κ2) is 9.54. The van der Waals surface area contributed by atoms with Crippen molar-refractivity contribution >= 4 is 44.3 Å². The highest BCUT2D eigenvalue weighted by Crippen LogP contribution is 2.37. The van der Waals surface area contributed by atoms with E-state index in [1.807, 2.05) is 0 Å². The van der Waals surface area contributed by atoms with Gasteiger partial charge in [-0.25, -0.2) is 28.5 Å². The van der Waals surface area contributed by atoms with Crippen LogP contribution in [-0.2, 0) is 21.0 Å². The Bertz CT molecular complexity index is 1630. The summed E-state index contributed by atoms with van der Waals surface area (Å²) >= 11 is 0. The number of nitrogens with zero attached hydrogens (tertiary/aromatic N) is 4. The third-order valence-electron chi connectivity index (χ3n) is 5.87. The smallest absolute Gasteiger partial charge is 0.353 e. The number of primary sulfonamides is 1. The predicted octanol–water partition coefficient (Wildman–Crippen LogP) is 3.04. The summed E-state index contributed by atoms with van der Waals surface area (Å²) < 4.78 is 64.0. The van der Waals surface area contributed by atoms with Gasteiger partial charge in [0.15, 0.2) is 0 Å². The number of halogens is 3. The van der Waals surface area contributed by atoms with E-state index in [9.17, 15) is 26.4 Å². The van der Waals surface area contributed by atoms with Gasteiger partial charge in [0, 0.05) is 47.7 Å². The zero-order valence-electron chi connectivity index (χ0n) is 19.5. The highest BCUT2D eigenvalue weighted by Gasteiger charge is 2.32. The Balaban J connectivity index is 1.53. The van der Waals surface area contributed by atoms with Crippen molar-refractivity contribution in [2.45, 2.75) is 11.1 Å².